The Hall–Kier alpha value is -2.86. The number of benzene rings is 2. The quantitative estimate of drug-likeness (QED) is 0.883. The van der Waals surface area contributed by atoms with Crippen molar-refractivity contribution in [2.24, 2.45) is 5.92 Å². The zero-order valence-electron chi connectivity index (χ0n) is 14.1. The molecule has 2 aromatic carbocycles. The molecule has 1 aliphatic heterocycles. The Labute approximate surface area is 150 Å². The predicted octanol–water partition coefficient (Wildman–Crippen LogP) is 2.62. The van der Waals surface area contributed by atoms with E-state index in [0.29, 0.717) is 0 Å². The minimum Gasteiger partial charge on any atom is -0.481 e. The van der Waals surface area contributed by atoms with Crippen LogP contribution in [0, 0.1) is 5.92 Å². The second-order valence-electron chi connectivity index (χ2n) is 6.56. The molecular weight excluding hydrogens is 334 g/mol. The highest BCUT2D eigenvalue weighted by Crippen LogP contribution is 2.44. The van der Waals surface area contributed by atoms with Crippen LogP contribution in [0.3, 0.4) is 0 Å². The summed E-state index contributed by atoms with van der Waals surface area (Å²) in [5.41, 5.74) is 4.59. The zero-order chi connectivity index (χ0) is 18.1. The third-order valence-electron chi connectivity index (χ3n) is 5.04. The highest BCUT2D eigenvalue weighted by atomic mass is 16.5. The Morgan fingerprint density at radius 1 is 1.04 bits per heavy atom. The molecule has 0 spiro atoms. The Morgan fingerprint density at radius 2 is 1.65 bits per heavy atom. The van der Waals surface area contributed by atoms with Crippen LogP contribution >= 0.6 is 0 Å². The normalized spacial score (nSPS) is 21.1. The van der Waals surface area contributed by atoms with Crippen molar-refractivity contribution in [3.63, 3.8) is 0 Å². The number of hydrogen-bond donors (Lipinski definition) is 2. The standard InChI is InChI=1S/C20H19NO5/c22-19(23)17-9-25-11-18(17)21-20(24)26-10-16-14-7-3-1-5-12(14)13-6-2-4-8-15(13)16/h1-8,16-18H,9-11H2,(H,21,24)(H,22,23)/t17-,18-/m1/s1. The van der Waals surface area contributed by atoms with Gasteiger partial charge in [0.15, 0.2) is 0 Å². The summed E-state index contributed by atoms with van der Waals surface area (Å²) in [7, 11) is 0. The smallest absolute Gasteiger partial charge is 0.407 e. The van der Waals surface area contributed by atoms with Crippen molar-refractivity contribution in [3.8, 4) is 11.1 Å². The fourth-order valence-electron chi connectivity index (χ4n) is 3.73. The summed E-state index contributed by atoms with van der Waals surface area (Å²) >= 11 is 0. The van der Waals surface area contributed by atoms with E-state index in [1.165, 1.54) is 0 Å². The summed E-state index contributed by atoms with van der Waals surface area (Å²) in [6.45, 7) is 0.482. The number of carbonyl (C=O) groups is 2. The number of amides is 1. The molecular formula is C20H19NO5. The Morgan fingerprint density at radius 3 is 2.27 bits per heavy atom. The summed E-state index contributed by atoms with van der Waals surface area (Å²) in [6, 6.07) is 15.6. The summed E-state index contributed by atoms with van der Waals surface area (Å²) in [6.07, 6.45) is -0.617. The van der Waals surface area contributed by atoms with Crippen LogP contribution in [-0.2, 0) is 14.3 Å². The lowest BCUT2D eigenvalue weighted by atomic mass is 9.98. The fraction of sp³-hybridized carbons (Fsp3) is 0.300. The van der Waals surface area contributed by atoms with E-state index in [2.05, 4.69) is 17.4 Å². The van der Waals surface area contributed by atoms with Crippen LogP contribution in [0.5, 0.6) is 0 Å². The minimum atomic E-state index is -0.980. The van der Waals surface area contributed by atoms with Gasteiger partial charge in [0.05, 0.1) is 19.3 Å². The van der Waals surface area contributed by atoms with Gasteiger partial charge in [0.25, 0.3) is 0 Å². The van der Waals surface area contributed by atoms with Crippen molar-refractivity contribution in [1.29, 1.82) is 0 Å². The van der Waals surface area contributed by atoms with Gasteiger partial charge < -0.3 is 19.9 Å². The summed E-state index contributed by atoms with van der Waals surface area (Å²) in [5.74, 6) is -1.75. The second kappa shape index (κ2) is 6.80. The van der Waals surface area contributed by atoms with Gasteiger partial charge >= 0.3 is 12.1 Å². The van der Waals surface area contributed by atoms with E-state index < -0.39 is 24.0 Å². The molecule has 6 nitrogen and oxygen atoms in total. The molecule has 2 atom stereocenters. The predicted molar refractivity (Wildman–Crippen MR) is 93.9 cm³/mol. The third-order valence-corrected chi connectivity index (χ3v) is 5.04. The molecule has 1 fully saturated rings. The molecule has 0 saturated carbocycles. The van der Waals surface area contributed by atoms with E-state index in [1.54, 1.807) is 0 Å². The van der Waals surface area contributed by atoms with E-state index in [0.717, 1.165) is 22.3 Å². The first kappa shape index (κ1) is 16.6. The van der Waals surface area contributed by atoms with Crippen molar-refractivity contribution in [2.45, 2.75) is 12.0 Å². The van der Waals surface area contributed by atoms with Crippen molar-refractivity contribution < 1.29 is 24.2 Å². The number of hydrogen-bond acceptors (Lipinski definition) is 4. The van der Waals surface area contributed by atoms with Crippen LogP contribution in [0.1, 0.15) is 17.0 Å². The lowest BCUT2D eigenvalue weighted by Gasteiger charge is -2.18. The van der Waals surface area contributed by atoms with Crippen LogP contribution in [-0.4, -0.2) is 43.0 Å². The van der Waals surface area contributed by atoms with Gasteiger partial charge in [0, 0.05) is 5.92 Å². The number of carbonyl (C=O) groups excluding carboxylic acids is 1. The monoisotopic (exact) mass is 353 g/mol. The van der Waals surface area contributed by atoms with E-state index in [-0.39, 0.29) is 25.7 Å². The number of nitrogens with one attached hydrogen (secondary N) is 1. The minimum absolute atomic E-state index is 0.0248. The van der Waals surface area contributed by atoms with Crippen LogP contribution in [0.2, 0.25) is 0 Å². The van der Waals surface area contributed by atoms with Gasteiger partial charge in [0.2, 0.25) is 0 Å². The van der Waals surface area contributed by atoms with Gasteiger partial charge in [0.1, 0.15) is 12.5 Å². The maximum atomic E-state index is 12.2. The summed E-state index contributed by atoms with van der Waals surface area (Å²) < 4.78 is 10.6. The second-order valence-corrected chi connectivity index (χ2v) is 6.56. The number of carboxylic acids is 1. The van der Waals surface area contributed by atoms with Crippen LogP contribution in [0.25, 0.3) is 11.1 Å². The molecule has 1 amide bonds. The first-order valence-corrected chi connectivity index (χ1v) is 8.57. The number of rotatable bonds is 4. The molecule has 2 N–H and O–H groups in total. The lowest BCUT2D eigenvalue weighted by molar-refractivity contribution is -0.142. The highest BCUT2D eigenvalue weighted by Gasteiger charge is 2.36. The first-order chi connectivity index (χ1) is 12.6. The number of aliphatic carboxylic acids is 1. The van der Waals surface area contributed by atoms with E-state index >= 15 is 0 Å². The molecule has 0 unspecified atom stereocenters. The summed E-state index contributed by atoms with van der Waals surface area (Å²) in [5, 5.41) is 11.8. The molecule has 0 bridgehead atoms. The number of carboxylic acid groups (broad SMARTS) is 1. The van der Waals surface area contributed by atoms with Crippen LogP contribution < -0.4 is 5.32 Å². The molecule has 1 aliphatic carbocycles. The maximum absolute atomic E-state index is 12.2. The van der Waals surface area contributed by atoms with Crippen LogP contribution in [0.15, 0.2) is 48.5 Å². The van der Waals surface area contributed by atoms with Crippen molar-refractivity contribution in [1.82, 2.24) is 5.32 Å². The van der Waals surface area contributed by atoms with Gasteiger partial charge in [-0.3, -0.25) is 4.79 Å². The van der Waals surface area contributed by atoms with Crippen molar-refractivity contribution >= 4 is 12.1 Å². The molecule has 1 saturated heterocycles. The van der Waals surface area contributed by atoms with Crippen molar-refractivity contribution in [2.75, 3.05) is 19.8 Å². The Balaban J connectivity index is 1.45. The van der Waals surface area contributed by atoms with E-state index in [9.17, 15) is 9.59 Å². The van der Waals surface area contributed by atoms with Gasteiger partial charge in [-0.15, -0.1) is 0 Å². The van der Waals surface area contributed by atoms with Gasteiger partial charge in [-0.25, -0.2) is 4.79 Å². The largest absolute Gasteiger partial charge is 0.481 e. The molecule has 2 aliphatic rings. The maximum Gasteiger partial charge on any atom is 0.407 e. The van der Waals surface area contributed by atoms with Gasteiger partial charge in [-0.1, -0.05) is 48.5 Å². The average Bonchev–Trinajstić information content (AvgIpc) is 3.23. The third kappa shape index (κ3) is 2.93. The number of fused-ring (bicyclic) bond motifs is 3. The summed E-state index contributed by atoms with van der Waals surface area (Å²) in [4.78, 5) is 23.3. The van der Waals surface area contributed by atoms with Gasteiger partial charge in [-0.2, -0.15) is 0 Å². The highest BCUT2D eigenvalue weighted by molar-refractivity contribution is 5.79. The number of alkyl carbamates (subject to hydrolysis) is 1. The Kier molecular flexibility index (Phi) is 4.34. The Bertz CT molecular complexity index is 804. The van der Waals surface area contributed by atoms with Crippen molar-refractivity contribution in [3.05, 3.63) is 59.7 Å². The molecule has 26 heavy (non-hydrogen) atoms. The molecule has 0 radical (unpaired) electrons. The number of ether oxygens (including phenoxy) is 2. The average molecular weight is 353 g/mol. The molecule has 0 aromatic heterocycles. The van der Waals surface area contributed by atoms with Crippen LogP contribution in [0.4, 0.5) is 4.79 Å². The lowest BCUT2D eigenvalue weighted by Crippen LogP contribution is -2.43. The molecule has 4 rings (SSSR count). The topological polar surface area (TPSA) is 84.9 Å². The first-order valence-electron chi connectivity index (χ1n) is 8.57. The molecule has 134 valence electrons. The molecule has 6 heteroatoms. The van der Waals surface area contributed by atoms with E-state index in [1.807, 2.05) is 36.4 Å². The van der Waals surface area contributed by atoms with E-state index in [4.69, 9.17) is 14.6 Å². The molecule has 1 heterocycles. The SMILES string of the molecule is O=C(N[C@@H]1COC[C@H]1C(=O)O)OCC1c2ccccc2-c2ccccc21. The molecule has 2 aromatic rings. The fourth-order valence-corrected chi connectivity index (χ4v) is 3.73. The zero-order valence-corrected chi connectivity index (χ0v) is 14.1. The van der Waals surface area contributed by atoms with Gasteiger partial charge in [-0.05, 0) is 22.3 Å².